The Morgan fingerprint density at radius 2 is 1.68 bits per heavy atom. The average molecular weight is 326 g/mol. The Morgan fingerprint density at radius 3 is 2.32 bits per heavy atom. The van der Waals surface area contributed by atoms with Crippen LogP contribution < -0.4 is 0 Å². The van der Waals surface area contributed by atoms with Crippen molar-refractivity contribution in [3.05, 3.63) is 69.7 Å². The van der Waals surface area contributed by atoms with E-state index in [2.05, 4.69) is 20.8 Å². The Morgan fingerprint density at radius 1 is 1.00 bits per heavy atom. The van der Waals surface area contributed by atoms with Crippen LogP contribution in [0.4, 0.5) is 8.78 Å². The summed E-state index contributed by atoms with van der Waals surface area (Å²) >= 11 is 3.17. The molecule has 2 rings (SSSR count). The van der Waals surface area contributed by atoms with Crippen molar-refractivity contribution in [2.24, 2.45) is 0 Å². The topological polar surface area (TPSA) is 3.24 Å². The van der Waals surface area contributed by atoms with Crippen LogP contribution >= 0.6 is 15.9 Å². The molecule has 0 aliphatic rings. The lowest BCUT2D eigenvalue weighted by Crippen LogP contribution is -2.17. The van der Waals surface area contributed by atoms with Crippen LogP contribution in [0.2, 0.25) is 0 Å². The van der Waals surface area contributed by atoms with Gasteiger partial charge in [-0.15, -0.1) is 0 Å². The summed E-state index contributed by atoms with van der Waals surface area (Å²) in [5.74, 6) is -0.494. The minimum Gasteiger partial charge on any atom is -0.298 e. The predicted octanol–water partition coefficient (Wildman–Crippen LogP) is 4.36. The molecule has 0 spiro atoms. The van der Waals surface area contributed by atoms with Gasteiger partial charge in [-0.3, -0.25) is 4.90 Å². The fourth-order valence-electron chi connectivity index (χ4n) is 1.95. The first-order valence-electron chi connectivity index (χ1n) is 5.91. The standard InChI is InChI=1S/C15H14BrF2N/c1-19(9-11-3-2-4-13(17)7-11)10-12-5-6-15(18)14(16)8-12/h2-8H,9-10H2,1H3. The number of hydrogen-bond acceptors (Lipinski definition) is 1. The molecule has 1 nitrogen and oxygen atoms in total. The molecular formula is C15H14BrF2N. The van der Waals surface area contributed by atoms with Crippen molar-refractivity contribution in [3.8, 4) is 0 Å². The van der Waals surface area contributed by atoms with Gasteiger partial charge < -0.3 is 0 Å². The Bertz CT molecular complexity index is 572. The van der Waals surface area contributed by atoms with Crippen LogP contribution in [-0.2, 0) is 13.1 Å². The monoisotopic (exact) mass is 325 g/mol. The molecule has 0 aliphatic heterocycles. The van der Waals surface area contributed by atoms with Crippen LogP contribution in [0, 0.1) is 11.6 Å². The number of benzene rings is 2. The average Bonchev–Trinajstić information content (AvgIpc) is 2.34. The molecule has 2 aromatic rings. The van der Waals surface area contributed by atoms with Crippen LogP contribution in [0.1, 0.15) is 11.1 Å². The molecule has 2 aromatic carbocycles. The Kier molecular flexibility index (Phi) is 4.66. The molecule has 4 heteroatoms. The van der Waals surface area contributed by atoms with E-state index in [-0.39, 0.29) is 11.6 Å². The zero-order valence-corrected chi connectivity index (χ0v) is 12.1. The van der Waals surface area contributed by atoms with Crippen LogP contribution in [0.25, 0.3) is 0 Å². The maximum atomic E-state index is 13.1. The van der Waals surface area contributed by atoms with Crippen LogP contribution in [0.15, 0.2) is 46.9 Å². The smallest absolute Gasteiger partial charge is 0.137 e. The van der Waals surface area contributed by atoms with Gasteiger partial charge in [0.05, 0.1) is 4.47 Å². The number of rotatable bonds is 4. The predicted molar refractivity (Wildman–Crippen MR) is 75.7 cm³/mol. The Labute approximate surface area is 120 Å². The van der Waals surface area contributed by atoms with Gasteiger partial charge in [0, 0.05) is 13.1 Å². The second kappa shape index (κ2) is 6.26. The van der Waals surface area contributed by atoms with Gasteiger partial charge in [0.15, 0.2) is 0 Å². The van der Waals surface area contributed by atoms with Crippen LogP contribution in [0.5, 0.6) is 0 Å². The van der Waals surface area contributed by atoms with E-state index in [1.807, 2.05) is 13.1 Å². The molecular weight excluding hydrogens is 312 g/mol. The van der Waals surface area contributed by atoms with Gasteiger partial charge in [-0.2, -0.15) is 0 Å². The van der Waals surface area contributed by atoms with Crippen molar-refractivity contribution in [1.82, 2.24) is 4.90 Å². The van der Waals surface area contributed by atoms with E-state index in [0.29, 0.717) is 17.6 Å². The largest absolute Gasteiger partial charge is 0.298 e. The summed E-state index contributed by atoms with van der Waals surface area (Å²) in [4.78, 5) is 2.05. The third-order valence-electron chi connectivity index (χ3n) is 2.78. The van der Waals surface area contributed by atoms with Crippen molar-refractivity contribution in [2.75, 3.05) is 7.05 Å². The Hall–Kier alpha value is -1.26. The molecule has 0 fully saturated rings. The van der Waals surface area contributed by atoms with E-state index in [9.17, 15) is 8.78 Å². The van der Waals surface area contributed by atoms with Gasteiger partial charge in [0.2, 0.25) is 0 Å². The lowest BCUT2D eigenvalue weighted by molar-refractivity contribution is 0.318. The summed E-state index contributed by atoms with van der Waals surface area (Å²) in [7, 11) is 1.95. The maximum Gasteiger partial charge on any atom is 0.137 e. The summed E-state index contributed by atoms with van der Waals surface area (Å²) < 4.78 is 26.7. The van der Waals surface area contributed by atoms with Crippen molar-refractivity contribution < 1.29 is 8.78 Å². The normalized spacial score (nSPS) is 11.0. The molecule has 0 saturated carbocycles. The SMILES string of the molecule is CN(Cc1cccc(F)c1)Cc1ccc(F)c(Br)c1. The highest BCUT2D eigenvalue weighted by atomic mass is 79.9. The molecule has 0 radical (unpaired) electrons. The first-order chi connectivity index (χ1) is 9.04. The second-order valence-electron chi connectivity index (χ2n) is 4.55. The minimum atomic E-state index is -0.267. The first-order valence-corrected chi connectivity index (χ1v) is 6.71. The van der Waals surface area contributed by atoms with E-state index in [1.165, 1.54) is 18.2 Å². The van der Waals surface area contributed by atoms with E-state index < -0.39 is 0 Å². The molecule has 100 valence electrons. The summed E-state index contributed by atoms with van der Waals surface area (Å²) in [5.41, 5.74) is 1.93. The second-order valence-corrected chi connectivity index (χ2v) is 5.41. The summed E-state index contributed by atoms with van der Waals surface area (Å²) in [6, 6.07) is 11.5. The molecule has 0 amide bonds. The zero-order chi connectivity index (χ0) is 13.8. The third-order valence-corrected chi connectivity index (χ3v) is 3.39. The highest BCUT2D eigenvalue weighted by Gasteiger charge is 2.05. The van der Waals surface area contributed by atoms with E-state index >= 15 is 0 Å². The minimum absolute atomic E-state index is 0.226. The molecule has 0 aromatic heterocycles. The van der Waals surface area contributed by atoms with Gasteiger partial charge in [0.1, 0.15) is 11.6 Å². The number of hydrogen-bond donors (Lipinski definition) is 0. The molecule has 0 unspecified atom stereocenters. The quantitative estimate of drug-likeness (QED) is 0.807. The molecule has 0 aliphatic carbocycles. The molecule has 0 atom stereocenters. The van der Waals surface area contributed by atoms with Gasteiger partial charge in [0.25, 0.3) is 0 Å². The first kappa shape index (κ1) is 14.2. The fourth-order valence-corrected chi connectivity index (χ4v) is 2.38. The van der Waals surface area contributed by atoms with E-state index in [4.69, 9.17) is 0 Å². The van der Waals surface area contributed by atoms with Gasteiger partial charge in [-0.1, -0.05) is 18.2 Å². The van der Waals surface area contributed by atoms with Crippen molar-refractivity contribution in [2.45, 2.75) is 13.1 Å². The van der Waals surface area contributed by atoms with Crippen LogP contribution in [0.3, 0.4) is 0 Å². The number of nitrogens with zero attached hydrogens (tertiary/aromatic N) is 1. The Balaban J connectivity index is 2.01. The fraction of sp³-hybridized carbons (Fsp3) is 0.200. The zero-order valence-electron chi connectivity index (χ0n) is 10.5. The van der Waals surface area contributed by atoms with Gasteiger partial charge in [-0.25, -0.2) is 8.78 Å². The highest BCUT2D eigenvalue weighted by Crippen LogP contribution is 2.18. The van der Waals surface area contributed by atoms with Gasteiger partial charge in [-0.05, 0) is 58.4 Å². The highest BCUT2D eigenvalue weighted by molar-refractivity contribution is 9.10. The third kappa shape index (κ3) is 4.11. The lowest BCUT2D eigenvalue weighted by atomic mass is 10.2. The summed E-state index contributed by atoms with van der Waals surface area (Å²) in [6.45, 7) is 1.32. The van der Waals surface area contributed by atoms with Crippen molar-refractivity contribution in [1.29, 1.82) is 0 Å². The molecule has 0 saturated heterocycles. The molecule has 19 heavy (non-hydrogen) atoms. The van der Waals surface area contributed by atoms with Crippen LogP contribution in [-0.4, -0.2) is 11.9 Å². The maximum absolute atomic E-state index is 13.1. The van der Waals surface area contributed by atoms with E-state index in [1.54, 1.807) is 18.2 Å². The number of halogens is 3. The summed E-state index contributed by atoms with van der Waals surface area (Å²) in [6.07, 6.45) is 0. The van der Waals surface area contributed by atoms with E-state index in [0.717, 1.165) is 11.1 Å². The molecule has 0 bridgehead atoms. The summed E-state index contributed by atoms with van der Waals surface area (Å²) in [5, 5.41) is 0. The molecule has 0 N–H and O–H groups in total. The van der Waals surface area contributed by atoms with Crippen molar-refractivity contribution in [3.63, 3.8) is 0 Å². The van der Waals surface area contributed by atoms with Crippen molar-refractivity contribution >= 4 is 15.9 Å². The van der Waals surface area contributed by atoms with Gasteiger partial charge >= 0.3 is 0 Å². The molecule has 0 heterocycles. The lowest BCUT2D eigenvalue weighted by Gasteiger charge is -2.17.